The first-order chi connectivity index (χ1) is 19.4. The zero-order valence-electron chi connectivity index (χ0n) is 20.9. The molecule has 0 bridgehead atoms. The van der Waals surface area contributed by atoms with Crippen LogP contribution in [0.4, 0.5) is 0 Å². The van der Waals surface area contributed by atoms with Crippen molar-refractivity contribution < 1.29 is 0 Å². The van der Waals surface area contributed by atoms with E-state index in [1.165, 1.54) is 87.4 Å². The molecule has 0 atom stereocenters. The van der Waals surface area contributed by atoms with Gasteiger partial charge >= 0.3 is 0 Å². The maximum Gasteiger partial charge on any atom is 0.0619 e. The Labute approximate surface area is 222 Å². The number of rotatable bonds is 1. The van der Waals surface area contributed by atoms with Gasteiger partial charge in [-0.25, -0.2) is 0 Å². The van der Waals surface area contributed by atoms with Crippen molar-refractivity contribution in [1.29, 1.82) is 0 Å². The van der Waals surface area contributed by atoms with Crippen LogP contribution in [-0.4, -0.2) is 14.0 Å². The Morgan fingerprint density at radius 2 is 1.05 bits per heavy atom. The lowest BCUT2D eigenvalue weighted by Crippen LogP contribution is -1.93. The number of nitrogens with zero attached hydrogens (tertiary/aromatic N) is 2. The Morgan fingerprint density at radius 1 is 0.410 bits per heavy atom. The molecule has 10 rings (SSSR count). The summed E-state index contributed by atoms with van der Waals surface area (Å²) in [6.45, 7) is 0. The van der Waals surface area contributed by atoms with Gasteiger partial charge in [-0.05, 0) is 53.9 Å². The summed E-state index contributed by atoms with van der Waals surface area (Å²) in [4.78, 5) is 3.69. The predicted molar refractivity (Wildman–Crippen MR) is 165 cm³/mol. The van der Waals surface area contributed by atoms with Crippen LogP contribution in [0.25, 0.3) is 87.4 Å². The van der Waals surface area contributed by atoms with E-state index in [0.29, 0.717) is 0 Å². The highest BCUT2D eigenvalue weighted by atomic mass is 15.0. The van der Waals surface area contributed by atoms with E-state index in [4.69, 9.17) is 0 Å². The normalized spacial score (nSPS) is 12.6. The van der Waals surface area contributed by atoms with Crippen molar-refractivity contribution in [2.75, 3.05) is 0 Å². The van der Waals surface area contributed by atoms with Gasteiger partial charge in [0.1, 0.15) is 0 Å². The number of H-pyrrole nitrogens is 1. The zero-order chi connectivity index (χ0) is 25.2. The topological polar surface area (TPSA) is 25.1 Å². The molecule has 4 heterocycles. The fourth-order valence-corrected chi connectivity index (χ4v) is 7.24. The standard InChI is InChI=1S/C36H21N3/c1-2-9-21(10-3-1)38-30-17-5-4-11-22(30)26-19-27-25-14-6-13-24-23-12-7-15-28-34(23)35-29(37-28)16-8-18-31(35)39(36(24)25)33(27)20-32(26)38/h1-20,37H. The van der Waals surface area contributed by atoms with Gasteiger partial charge < -0.3 is 14.0 Å². The van der Waals surface area contributed by atoms with Crippen LogP contribution < -0.4 is 0 Å². The van der Waals surface area contributed by atoms with Crippen molar-refractivity contribution in [3.63, 3.8) is 0 Å². The molecular formula is C36H21N3. The predicted octanol–water partition coefficient (Wildman–Crippen LogP) is 9.57. The summed E-state index contributed by atoms with van der Waals surface area (Å²) >= 11 is 0. The van der Waals surface area contributed by atoms with Crippen molar-refractivity contribution in [2.24, 2.45) is 0 Å². The van der Waals surface area contributed by atoms with E-state index in [-0.39, 0.29) is 0 Å². The molecule has 0 fully saturated rings. The average molecular weight is 496 g/mol. The van der Waals surface area contributed by atoms with Gasteiger partial charge in [-0.1, -0.05) is 72.8 Å². The Balaban J connectivity index is 1.54. The van der Waals surface area contributed by atoms with E-state index in [2.05, 4.69) is 135 Å². The first-order valence-corrected chi connectivity index (χ1v) is 13.5. The van der Waals surface area contributed by atoms with Gasteiger partial charge in [-0.15, -0.1) is 0 Å². The third kappa shape index (κ3) is 2.31. The number of fused-ring (bicyclic) bond motifs is 8. The second kappa shape index (κ2) is 6.77. The molecule has 180 valence electrons. The molecule has 0 aliphatic heterocycles. The lowest BCUT2D eigenvalue weighted by molar-refractivity contribution is 1.18. The van der Waals surface area contributed by atoms with Crippen molar-refractivity contribution in [1.82, 2.24) is 14.0 Å². The number of para-hydroxylation sites is 3. The molecule has 0 unspecified atom stereocenters. The number of nitrogens with one attached hydrogen (secondary N) is 1. The second-order valence-corrected chi connectivity index (χ2v) is 10.7. The Morgan fingerprint density at radius 3 is 1.95 bits per heavy atom. The molecule has 1 N–H and O–H groups in total. The van der Waals surface area contributed by atoms with Crippen LogP contribution in [0.5, 0.6) is 0 Å². The molecule has 0 saturated heterocycles. The van der Waals surface area contributed by atoms with Crippen LogP contribution in [-0.2, 0) is 0 Å². The number of hydrogen-bond acceptors (Lipinski definition) is 0. The van der Waals surface area contributed by atoms with E-state index < -0.39 is 0 Å². The number of hydrogen-bond donors (Lipinski definition) is 1. The Bertz CT molecular complexity index is 2590. The summed E-state index contributed by atoms with van der Waals surface area (Å²) < 4.78 is 4.93. The third-order valence-electron chi connectivity index (χ3n) is 8.75. The second-order valence-electron chi connectivity index (χ2n) is 10.7. The molecule has 4 aromatic heterocycles. The molecule has 3 heteroatoms. The smallest absolute Gasteiger partial charge is 0.0619 e. The molecule has 0 saturated carbocycles. The molecule has 0 aliphatic carbocycles. The van der Waals surface area contributed by atoms with Crippen LogP contribution in [0.15, 0.2) is 121 Å². The van der Waals surface area contributed by atoms with E-state index in [1.54, 1.807) is 0 Å². The van der Waals surface area contributed by atoms with E-state index >= 15 is 0 Å². The lowest BCUT2D eigenvalue weighted by atomic mass is 10.0. The molecule has 10 aromatic rings. The molecule has 0 amide bonds. The van der Waals surface area contributed by atoms with Crippen LogP contribution >= 0.6 is 0 Å². The van der Waals surface area contributed by atoms with Crippen molar-refractivity contribution in [2.45, 2.75) is 0 Å². The molecule has 6 aromatic carbocycles. The van der Waals surface area contributed by atoms with Gasteiger partial charge in [-0.3, -0.25) is 0 Å². The SMILES string of the molecule is c1ccc(-n2c3ccccc3c3cc4c5cccc6c7cccc8[nH]c9cccc(c9c87)n(c4cc32)c65)cc1. The van der Waals surface area contributed by atoms with Crippen LogP contribution in [0, 0.1) is 0 Å². The zero-order valence-corrected chi connectivity index (χ0v) is 20.9. The van der Waals surface area contributed by atoms with E-state index in [9.17, 15) is 0 Å². The first-order valence-electron chi connectivity index (χ1n) is 13.5. The highest BCUT2D eigenvalue weighted by Crippen LogP contribution is 2.44. The minimum atomic E-state index is 1.18. The quantitative estimate of drug-likeness (QED) is 0.235. The van der Waals surface area contributed by atoms with Gasteiger partial charge in [0.25, 0.3) is 0 Å². The third-order valence-corrected chi connectivity index (χ3v) is 8.75. The monoisotopic (exact) mass is 495 g/mol. The molecule has 39 heavy (non-hydrogen) atoms. The Kier molecular flexibility index (Phi) is 3.44. The van der Waals surface area contributed by atoms with Gasteiger partial charge in [0, 0.05) is 54.4 Å². The molecular weight excluding hydrogens is 474 g/mol. The maximum absolute atomic E-state index is 3.69. The molecule has 0 aliphatic rings. The van der Waals surface area contributed by atoms with Gasteiger partial charge in [0.05, 0.1) is 27.6 Å². The minimum Gasteiger partial charge on any atom is -0.354 e. The number of benzene rings is 6. The van der Waals surface area contributed by atoms with E-state index in [0.717, 1.165) is 0 Å². The lowest BCUT2D eigenvalue weighted by Gasteiger charge is -2.08. The molecule has 3 nitrogen and oxygen atoms in total. The molecule has 0 spiro atoms. The fourth-order valence-electron chi connectivity index (χ4n) is 7.24. The van der Waals surface area contributed by atoms with Crippen molar-refractivity contribution in [3.8, 4) is 5.69 Å². The first kappa shape index (κ1) is 19.8. The summed E-state index contributed by atoms with van der Waals surface area (Å²) in [5.41, 5.74) is 9.76. The maximum atomic E-state index is 3.69. The van der Waals surface area contributed by atoms with Crippen LogP contribution in [0.1, 0.15) is 0 Å². The summed E-state index contributed by atoms with van der Waals surface area (Å²) in [5.74, 6) is 0. The fraction of sp³-hybridized carbons (Fsp3) is 0. The van der Waals surface area contributed by atoms with Gasteiger partial charge in [-0.2, -0.15) is 0 Å². The highest BCUT2D eigenvalue weighted by Gasteiger charge is 2.21. The van der Waals surface area contributed by atoms with E-state index in [1.807, 2.05) is 0 Å². The largest absolute Gasteiger partial charge is 0.354 e. The van der Waals surface area contributed by atoms with Crippen LogP contribution in [0.3, 0.4) is 0 Å². The van der Waals surface area contributed by atoms with Crippen LogP contribution in [0.2, 0.25) is 0 Å². The minimum absolute atomic E-state index is 1.18. The summed E-state index contributed by atoms with van der Waals surface area (Å²) in [7, 11) is 0. The van der Waals surface area contributed by atoms with Gasteiger partial charge in [0.15, 0.2) is 0 Å². The number of aromatic amines is 1. The summed E-state index contributed by atoms with van der Waals surface area (Å²) in [6, 6.07) is 44.5. The highest BCUT2D eigenvalue weighted by molar-refractivity contribution is 6.31. The Hall–Kier alpha value is -5.28. The summed E-state index contributed by atoms with van der Waals surface area (Å²) in [5, 5.41) is 10.3. The summed E-state index contributed by atoms with van der Waals surface area (Å²) in [6.07, 6.45) is 0. The van der Waals surface area contributed by atoms with Crippen molar-refractivity contribution in [3.05, 3.63) is 121 Å². The molecule has 0 radical (unpaired) electrons. The number of aromatic nitrogens is 3. The van der Waals surface area contributed by atoms with Crippen molar-refractivity contribution >= 4 is 81.7 Å². The average Bonchev–Trinajstić information content (AvgIpc) is 3.60. The van der Waals surface area contributed by atoms with Gasteiger partial charge in [0.2, 0.25) is 0 Å².